The molecular weight excluding hydrogens is 173 g/mol. The Hall–Kier alpha value is 0.324. The van der Waals surface area contributed by atoms with E-state index in [0.29, 0.717) is 0 Å². The Morgan fingerprint density at radius 1 is 1.75 bits per heavy atom. The zero-order valence-electron chi connectivity index (χ0n) is 4.59. The summed E-state index contributed by atoms with van der Waals surface area (Å²) in [7, 11) is 0. The van der Waals surface area contributed by atoms with E-state index in [4.69, 9.17) is 6.58 Å². The molecule has 0 nitrogen and oxygen atoms in total. The minimum atomic E-state index is 0. The molecule has 39 valence electrons. The minimum Gasteiger partial charge on any atom is -0.361 e. The van der Waals surface area contributed by atoms with E-state index in [1.807, 2.05) is 12.2 Å². The van der Waals surface area contributed by atoms with E-state index >= 15 is 0 Å². The van der Waals surface area contributed by atoms with Crippen molar-refractivity contribution in [3.05, 3.63) is 36.5 Å². The predicted octanol–water partition coefficient (Wildman–Crippen LogP) is 1.66. The van der Waals surface area contributed by atoms with E-state index < -0.39 is 0 Å². The molecule has 1 radical (unpaired) electrons. The quantitative estimate of drug-likeness (QED) is 0.537. The van der Waals surface area contributed by atoms with Gasteiger partial charge in [-0.05, 0) is 0 Å². The van der Waals surface area contributed by atoms with Crippen LogP contribution >= 0.6 is 0 Å². The number of hydrogen-bond donors (Lipinski definition) is 0. The van der Waals surface area contributed by atoms with E-state index in [1.54, 1.807) is 6.08 Å². The maximum atomic E-state index is 5.16. The second kappa shape index (κ2) is 4.23. The van der Waals surface area contributed by atoms with Crippen molar-refractivity contribution < 1.29 is 32.7 Å². The Balaban J connectivity index is 0.000000490. The summed E-state index contributed by atoms with van der Waals surface area (Å²) in [6.07, 6.45) is 9.49. The summed E-state index contributed by atoms with van der Waals surface area (Å²) in [6, 6.07) is 0. The van der Waals surface area contributed by atoms with Gasteiger partial charge in [0.05, 0.1) is 0 Å². The molecule has 0 fully saturated rings. The molecule has 1 rings (SSSR count). The second-order valence-corrected chi connectivity index (χ2v) is 1.41. The van der Waals surface area contributed by atoms with Gasteiger partial charge in [-0.1, -0.05) is 6.42 Å². The summed E-state index contributed by atoms with van der Waals surface area (Å²) in [5.74, 6) is 0. The third-order valence-corrected chi connectivity index (χ3v) is 0.901. The third-order valence-electron chi connectivity index (χ3n) is 0.901. The van der Waals surface area contributed by atoms with Gasteiger partial charge in [0.2, 0.25) is 0 Å². The summed E-state index contributed by atoms with van der Waals surface area (Å²) in [6.45, 7) is 5.16. The molecule has 0 bridgehead atoms. The van der Waals surface area contributed by atoms with Gasteiger partial charge >= 0.3 is 0 Å². The van der Waals surface area contributed by atoms with E-state index in [9.17, 15) is 0 Å². The monoisotopic (exact) mass is 179 g/mol. The molecule has 8 heavy (non-hydrogen) atoms. The zero-order chi connectivity index (χ0) is 5.11. The summed E-state index contributed by atoms with van der Waals surface area (Å²) < 4.78 is 0. The summed E-state index contributed by atoms with van der Waals surface area (Å²) >= 11 is 0. The Kier molecular flexibility index (Phi) is 4.40. The summed E-state index contributed by atoms with van der Waals surface area (Å²) in [5, 5.41) is 0. The van der Waals surface area contributed by atoms with Crippen LogP contribution in [0, 0.1) is 12.7 Å². The molecule has 0 aliphatic heterocycles. The Morgan fingerprint density at radius 3 is 2.75 bits per heavy atom. The van der Waals surface area contributed by atoms with Gasteiger partial charge in [0.25, 0.3) is 0 Å². The van der Waals surface area contributed by atoms with Gasteiger partial charge in [0, 0.05) is 32.7 Å². The van der Waals surface area contributed by atoms with Crippen molar-refractivity contribution in [2.45, 2.75) is 6.42 Å². The van der Waals surface area contributed by atoms with E-state index in [2.05, 4.69) is 6.08 Å². The fourth-order valence-electron chi connectivity index (χ4n) is 0.536. The molecule has 0 atom stereocenters. The van der Waals surface area contributed by atoms with Crippen molar-refractivity contribution in [3.8, 4) is 0 Å². The fourth-order valence-corrected chi connectivity index (χ4v) is 0.536. The molecule has 0 saturated heterocycles. The van der Waals surface area contributed by atoms with Crippen LogP contribution in [0.3, 0.4) is 0 Å². The minimum absolute atomic E-state index is 0. The first-order chi connectivity index (χ1) is 3.43. The van der Waals surface area contributed by atoms with Gasteiger partial charge in [-0.15, -0.1) is 0 Å². The maximum absolute atomic E-state index is 5.16. The van der Waals surface area contributed by atoms with Crippen LogP contribution in [-0.2, 0) is 32.7 Å². The molecule has 0 aromatic rings. The maximum Gasteiger partial charge on any atom is 0 e. The average molecular weight is 179 g/mol. The van der Waals surface area contributed by atoms with Crippen LogP contribution in [-0.4, -0.2) is 0 Å². The predicted molar refractivity (Wildman–Crippen MR) is 29.4 cm³/mol. The number of hydrogen-bond acceptors (Lipinski definition) is 0. The summed E-state index contributed by atoms with van der Waals surface area (Å²) in [5.41, 5.74) is 1.01. The summed E-state index contributed by atoms with van der Waals surface area (Å²) in [4.78, 5) is 0. The van der Waals surface area contributed by atoms with E-state index in [-0.39, 0.29) is 32.7 Å². The Bertz CT molecular complexity index is 131. The van der Waals surface area contributed by atoms with Gasteiger partial charge in [-0.2, -0.15) is 6.08 Å². The standard InChI is InChI=1S/C7H6.Y/c1-2-7-5-3-4-6-7;/h1-3,5H,4H2;/q-2;. The van der Waals surface area contributed by atoms with E-state index in [1.165, 1.54) is 0 Å². The molecule has 0 unspecified atom stereocenters. The van der Waals surface area contributed by atoms with Crippen molar-refractivity contribution in [1.82, 2.24) is 0 Å². The molecule has 1 heteroatoms. The second-order valence-electron chi connectivity index (χ2n) is 1.41. The van der Waals surface area contributed by atoms with Crippen molar-refractivity contribution in [3.63, 3.8) is 0 Å². The van der Waals surface area contributed by atoms with Gasteiger partial charge in [0.15, 0.2) is 0 Å². The molecule has 0 amide bonds. The molecule has 0 spiro atoms. The van der Waals surface area contributed by atoms with Crippen LogP contribution in [0.5, 0.6) is 0 Å². The van der Waals surface area contributed by atoms with Crippen molar-refractivity contribution in [1.29, 1.82) is 0 Å². The Labute approximate surface area is 75.2 Å². The Morgan fingerprint density at radius 2 is 2.50 bits per heavy atom. The average Bonchev–Trinajstić information content (AvgIpc) is 2.14. The fraction of sp³-hybridized carbons (Fsp3) is 0.143. The van der Waals surface area contributed by atoms with Crippen LogP contribution in [0.4, 0.5) is 0 Å². The number of allylic oxidation sites excluding steroid dienone is 5. The zero-order valence-corrected chi connectivity index (χ0v) is 7.43. The molecule has 1 aliphatic rings. The normalized spacial score (nSPS) is 14.8. The molecule has 1 aliphatic carbocycles. The van der Waals surface area contributed by atoms with E-state index in [0.717, 1.165) is 12.0 Å². The molecule has 0 N–H and O–H groups in total. The van der Waals surface area contributed by atoms with Crippen molar-refractivity contribution in [2.24, 2.45) is 0 Å². The van der Waals surface area contributed by atoms with Crippen LogP contribution < -0.4 is 0 Å². The molecular formula is C7H6Y-2. The van der Waals surface area contributed by atoms with Crippen LogP contribution in [0.2, 0.25) is 0 Å². The van der Waals surface area contributed by atoms with Crippen molar-refractivity contribution in [2.75, 3.05) is 0 Å². The van der Waals surface area contributed by atoms with Crippen LogP contribution in [0.15, 0.2) is 23.8 Å². The smallest absolute Gasteiger partial charge is 0 e. The first kappa shape index (κ1) is 8.32. The molecule has 0 aromatic heterocycles. The van der Waals surface area contributed by atoms with Crippen LogP contribution in [0.25, 0.3) is 0 Å². The largest absolute Gasteiger partial charge is 0.361 e. The van der Waals surface area contributed by atoms with Crippen molar-refractivity contribution >= 4 is 0 Å². The molecule has 0 saturated carbocycles. The first-order valence-electron chi connectivity index (χ1n) is 2.26. The van der Waals surface area contributed by atoms with Gasteiger partial charge in [0.1, 0.15) is 0 Å². The third kappa shape index (κ3) is 2.06. The SMILES string of the molecule is [CH-]=CC1=[C-]CC=C1.[Y]. The first-order valence-corrected chi connectivity index (χ1v) is 2.26. The molecule has 0 aromatic carbocycles. The van der Waals surface area contributed by atoms with Crippen LogP contribution in [0.1, 0.15) is 6.42 Å². The topological polar surface area (TPSA) is 0 Å². The number of rotatable bonds is 1. The van der Waals surface area contributed by atoms with Gasteiger partial charge in [-0.3, -0.25) is 12.2 Å². The van der Waals surface area contributed by atoms with Gasteiger partial charge in [-0.25, -0.2) is 0 Å². The molecule has 0 heterocycles. The van der Waals surface area contributed by atoms with Gasteiger partial charge < -0.3 is 18.2 Å².